The summed E-state index contributed by atoms with van der Waals surface area (Å²) in [5.74, 6) is -17.9. The molecule has 20 nitrogen and oxygen atoms in total. The number of ether oxygens (including phenoxy) is 6. The molecule has 10 N–H and O–H groups in total. The standard InChI is InChI=1S/2C24H16O10/c25-14-5-3-13(4-6-14)24-23(31,22(30)21-16(27)10-15(26)11-19(21)34-24)32-18-9-12(2-8-20(28)29)1-7-17(18)33-24;25-14-5-3-13(4-6-14)24-23(31,22(30)21-16(27)10-15(26)11-19(21)34-24)32-17-7-1-12(2-8-20(28)29)9-18(17)33-24/h2*1-11,25-27,31H,(H,28,29)/b2*8-2+. The number of hydrogen-bond donors (Lipinski definition) is 10. The molecule has 0 fully saturated rings. The monoisotopic (exact) mass is 928 g/mol. The van der Waals surface area contributed by atoms with E-state index in [4.69, 9.17) is 38.6 Å². The minimum Gasteiger partial charge on any atom is -0.508 e. The lowest BCUT2D eigenvalue weighted by atomic mass is 9.85. The van der Waals surface area contributed by atoms with Crippen LogP contribution in [-0.2, 0) is 21.2 Å². The van der Waals surface area contributed by atoms with Crippen LogP contribution < -0.4 is 28.4 Å². The van der Waals surface area contributed by atoms with Gasteiger partial charge in [-0.05, 0) is 96.1 Å². The Morgan fingerprint density at radius 2 is 0.765 bits per heavy atom. The molecule has 10 rings (SSSR count). The van der Waals surface area contributed by atoms with Crippen LogP contribution in [0, 0.1) is 0 Å². The Labute approximate surface area is 380 Å². The van der Waals surface area contributed by atoms with Gasteiger partial charge in [0.1, 0.15) is 57.1 Å². The summed E-state index contributed by atoms with van der Waals surface area (Å²) in [6.07, 6.45) is 4.40. The normalized spacial score (nSPS) is 22.6. The zero-order chi connectivity index (χ0) is 48.5. The van der Waals surface area contributed by atoms with E-state index in [1.165, 1.54) is 97.1 Å². The van der Waals surface area contributed by atoms with Gasteiger partial charge < -0.3 is 79.5 Å². The minimum atomic E-state index is -2.87. The number of carboxylic acids is 2. The van der Waals surface area contributed by atoms with Crippen LogP contribution in [0.15, 0.2) is 121 Å². The largest absolute Gasteiger partial charge is 0.508 e. The van der Waals surface area contributed by atoms with E-state index in [0.717, 1.165) is 36.4 Å². The van der Waals surface area contributed by atoms with E-state index in [2.05, 4.69) is 0 Å². The SMILES string of the molecule is O=C(O)/C=C/c1ccc2c(c1)OC1(O)C(=O)c3c(O)cc(O)cc3OC1(c1ccc(O)cc1)O2.O=C(O)/C=C/c1ccc2c(c1)OC1(c3ccc(O)cc3)Oc3cc(O)cc(O)c3C(=O)C1(O)O2. The van der Waals surface area contributed by atoms with E-state index in [-0.39, 0.29) is 57.1 Å². The van der Waals surface area contributed by atoms with Crippen molar-refractivity contribution in [2.75, 3.05) is 0 Å². The molecule has 4 atom stereocenters. The predicted octanol–water partition coefficient (Wildman–Crippen LogP) is 4.98. The smallest absolute Gasteiger partial charge is 0.357 e. The Kier molecular flexibility index (Phi) is 10.1. The molecular formula is C48H32O20. The summed E-state index contributed by atoms with van der Waals surface area (Å²) in [5.41, 5.74) is 0.0602. The first-order valence-electron chi connectivity index (χ1n) is 19.8. The van der Waals surface area contributed by atoms with Crippen molar-refractivity contribution in [3.8, 4) is 69.0 Å². The molecule has 6 aromatic carbocycles. The topological polar surface area (TPSA) is 326 Å². The van der Waals surface area contributed by atoms with E-state index in [0.29, 0.717) is 11.1 Å². The number of rotatable bonds is 6. The summed E-state index contributed by atoms with van der Waals surface area (Å²) in [5, 5.41) is 101. The summed E-state index contributed by atoms with van der Waals surface area (Å²) < 4.78 is 35.5. The van der Waals surface area contributed by atoms with E-state index >= 15 is 0 Å². The minimum absolute atomic E-state index is 0.00548. The van der Waals surface area contributed by atoms with Crippen LogP contribution in [0.1, 0.15) is 43.0 Å². The van der Waals surface area contributed by atoms with Gasteiger partial charge in [-0.25, -0.2) is 9.59 Å². The number of carbonyl (C=O) groups is 4. The first-order valence-corrected chi connectivity index (χ1v) is 19.8. The summed E-state index contributed by atoms with van der Waals surface area (Å²) >= 11 is 0. The first-order chi connectivity index (χ1) is 32.3. The van der Waals surface area contributed by atoms with Crippen LogP contribution in [0.4, 0.5) is 0 Å². The van der Waals surface area contributed by atoms with Crippen molar-refractivity contribution in [3.05, 3.63) is 155 Å². The van der Waals surface area contributed by atoms with Crippen LogP contribution in [0.2, 0.25) is 0 Å². The average Bonchev–Trinajstić information content (AvgIpc) is 3.27. The molecule has 0 radical (unpaired) electrons. The highest BCUT2D eigenvalue weighted by Gasteiger charge is 2.72. The van der Waals surface area contributed by atoms with Crippen LogP contribution in [-0.4, -0.2) is 86.1 Å². The molecule has 0 bridgehead atoms. The van der Waals surface area contributed by atoms with Gasteiger partial charge >= 0.3 is 35.1 Å². The number of carbonyl (C=O) groups excluding carboxylic acids is 2. The van der Waals surface area contributed by atoms with Crippen molar-refractivity contribution in [3.63, 3.8) is 0 Å². The van der Waals surface area contributed by atoms with E-state index in [1.54, 1.807) is 0 Å². The molecule has 4 aliphatic rings. The maximum Gasteiger partial charge on any atom is 0.357 e. The number of hydrogen-bond acceptors (Lipinski definition) is 18. The molecule has 0 saturated carbocycles. The quantitative estimate of drug-likeness (QED) is 0.0985. The zero-order valence-electron chi connectivity index (χ0n) is 34.3. The number of benzene rings is 6. The number of Topliss-reactive ketones (excluding diaryl/α,β-unsaturated/α-hetero) is 2. The highest BCUT2D eigenvalue weighted by Crippen LogP contribution is 2.57. The highest BCUT2D eigenvalue weighted by molar-refractivity contribution is 6.09. The molecule has 4 aliphatic heterocycles. The van der Waals surface area contributed by atoms with Crippen LogP contribution in [0.25, 0.3) is 12.2 Å². The van der Waals surface area contributed by atoms with Gasteiger partial charge in [0.05, 0.1) is 0 Å². The number of aliphatic hydroxyl groups is 2. The molecule has 4 unspecified atom stereocenters. The molecule has 68 heavy (non-hydrogen) atoms. The third-order valence-corrected chi connectivity index (χ3v) is 10.9. The second-order valence-corrected chi connectivity index (χ2v) is 15.3. The summed E-state index contributed by atoms with van der Waals surface area (Å²) in [7, 11) is 0. The Balaban J connectivity index is 0.000000170. The van der Waals surface area contributed by atoms with Gasteiger partial charge in [-0.3, -0.25) is 9.59 Å². The molecular weight excluding hydrogens is 897 g/mol. The lowest BCUT2D eigenvalue weighted by Gasteiger charge is -2.50. The molecule has 0 aromatic heterocycles. The molecule has 344 valence electrons. The molecule has 0 amide bonds. The molecule has 4 heterocycles. The molecule has 0 aliphatic carbocycles. The Morgan fingerprint density at radius 1 is 0.412 bits per heavy atom. The van der Waals surface area contributed by atoms with E-state index in [1.807, 2.05) is 0 Å². The predicted molar refractivity (Wildman–Crippen MR) is 228 cm³/mol. The highest BCUT2D eigenvalue weighted by atomic mass is 16.8. The van der Waals surface area contributed by atoms with Gasteiger partial charge in [0.25, 0.3) is 11.6 Å². The van der Waals surface area contributed by atoms with Crippen molar-refractivity contribution in [2.24, 2.45) is 0 Å². The summed E-state index contributed by atoms with van der Waals surface area (Å²) in [6, 6.07) is 23.0. The molecule has 0 saturated heterocycles. The number of phenols is 6. The fourth-order valence-electron chi connectivity index (χ4n) is 7.82. The van der Waals surface area contributed by atoms with E-state index < -0.39 is 80.8 Å². The number of carboxylic acid groups (broad SMARTS) is 2. The zero-order valence-corrected chi connectivity index (χ0v) is 34.3. The first kappa shape index (κ1) is 43.8. The van der Waals surface area contributed by atoms with Crippen LogP contribution >= 0.6 is 0 Å². The van der Waals surface area contributed by atoms with Gasteiger partial charge in [-0.15, -0.1) is 0 Å². The van der Waals surface area contributed by atoms with Crippen molar-refractivity contribution in [1.29, 1.82) is 0 Å². The molecule has 20 heteroatoms. The maximum atomic E-state index is 13.5. The van der Waals surface area contributed by atoms with Crippen molar-refractivity contribution >= 4 is 35.7 Å². The second-order valence-electron chi connectivity index (χ2n) is 15.3. The Bertz CT molecular complexity index is 3180. The lowest BCUT2D eigenvalue weighted by Crippen LogP contribution is -2.70. The second kappa shape index (κ2) is 15.6. The Hall–Kier alpha value is -9.40. The van der Waals surface area contributed by atoms with Crippen LogP contribution in [0.5, 0.6) is 69.0 Å². The fourth-order valence-corrected chi connectivity index (χ4v) is 7.82. The molecule has 0 spiro atoms. The number of aromatic hydroxyl groups is 6. The van der Waals surface area contributed by atoms with Crippen LogP contribution in [0.3, 0.4) is 0 Å². The number of ketones is 2. The van der Waals surface area contributed by atoms with Gasteiger partial charge in [-0.2, -0.15) is 0 Å². The number of fused-ring (bicyclic) bond motifs is 6. The average molecular weight is 929 g/mol. The maximum absolute atomic E-state index is 13.5. The fraction of sp³-hybridized carbons (Fsp3) is 0.0833. The lowest BCUT2D eigenvalue weighted by molar-refractivity contribution is -0.316. The summed E-state index contributed by atoms with van der Waals surface area (Å²) in [6.45, 7) is 0. The van der Waals surface area contributed by atoms with Gasteiger partial charge in [0.15, 0.2) is 23.0 Å². The number of aliphatic carboxylic acids is 2. The van der Waals surface area contributed by atoms with Gasteiger partial charge in [0.2, 0.25) is 0 Å². The van der Waals surface area contributed by atoms with Crippen molar-refractivity contribution in [1.82, 2.24) is 0 Å². The third-order valence-electron chi connectivity index (χ3n) is 10.9. The summed E-state index contributed by atoms with van der Waals surface area (Å²) in [4.78, 5) is 48.7. The number of phenolic OH excluding ortho intramolecular Hbond substituents is 6. The Morgan fingerprint density at radius 3 is 1.18 bits per heavy atom. The molecule has 6 aromatic rings. The van der Waals surface area contributed by atoms with Crippen molar-refractivity contribution < 1.29 is 98.7 Å². The van der Waals surface area contributed by atoms with E-state index in [9.17, 15) is 60.0 Å². The van der Waals surface area contributed by atoms with Gasteiger partial charge in [-0.1, -0.05) is 12.1 Å². The third kappa shape index (κ3) is 6.96. The van der Waals surface area contributed by atoms with Gasteiger partial charge in [0, 0.05) is 47.5 Å². The van der Waals surface area contributed by atoms with Crippen molar-refractivity contribution in [2.45, 2.75) is 23.1 Å².